The van der Waals surface area contributed by atoms with Crippen LogP contribution in [0, 0.1) is 12.3 Å². The second-order valence-electron chi connectivity index (χ2n) is 9.36. The number of benzene rings is 2. The molecular formula is C27H30N6O. The van der Waals surface area contributed by atoms with E-state index in [1.54, 1.807) is 6.20 Å². The number of ether oxygens (including phenoxy) is 1. The van der Waals surface area contributed by atoms with Gasteiger partial charge in [0.2, 0.25) is 5.95 Å². The molecule has 7 nitrogen and oxygen atoms in total. The summed E-state index contributed by atoms with van der Waals surface area (Å²) in [5.74, 6) is 4.26. The number of aromatic nitrogens is 2. The maximum Gasteiger partial charge on any atom is 0.227 e. The first kappa shape index (κ1) is 22.2. The lowest BCUT2D eigenvalue weighted by Gasteiger charge is -2.21. The maximum atomic E-state index is 6.46. The molecule has 2 aliphatic rings. The Morgan fingerprint density at radius 3 is 2.79 bits per heavy atom. The Kier molecular flexibility index (Phi) is 6.08. The maximum absolute atomic E-state index is 6.46. The second-order valence-corrected chi connectivity index (χ2v) is 9.36. The SMILES string of the molecule is C#Cc1ccc2nc(Nc3cc(O[C@H]4CCN(C(C)C)C4)cc(C4C=NN(C)C4)c3)ncc2c1. The lowest BCUT2D eigenvalue weighted by atomic mass is 10.00. The van der Waals surface area contributed by atoms with Crippen LogP contribution in [0.1, 0.15) is 37.3 Å². The fraction of sp³-hybridized carbons (Fsp3) is 0.370. The molecule has 0 bridgehead atoms. The highest BCUT2D eigenvalue weighted by atomic mass is 16.5. The third-order valence-electron chi connectivity index (χ3n) is 6.47. The largest absolute Gasteiger partial charge is 0.489 e. The molecule has 2 aliphatic heterocycles. The molecule has 7 heteroatoms. The van der Waals surface area contributed by atoms with E-state index in [1.807, 2.05) is 42.5 Å². The van der Waals surface area contributed by atoms with Gasteiger partial charge in [-0.3, -0.25) is 9.91 Å². The number of likely N-dealkylation sites (N-methyl/N-ethyl adjacent to an activating group) is 1. The summed E-state index contributed by atoms with van der Waals surface area (Å²) in [7, 11) is 1.99. The molecule has 5 rings (SSSR count). The smallest absolute Gasteiger partial charge is 0.227 e. The minimum atomic E-state index is 0.188. The zero-order valence-corrected chi connectivity index (χ0v) is 19.9. The van der Waals surface area contributed by atoms with Crippen molar-refractivity contribution in [1.82, 2.24) is 19.9 Å². The average Bonchev–Trinajstić information content (AvgIpc) is 3.48. The minimum absolute atomic E-state index is 0.188. The number of anilines is 2. The van der Waals surface area contributed by atoms with Gasteiger partial charge in [0.25, 0.3) is 0 Å². The molecule has 34 heavy (non-hydrogen) atoms. The summed E-state index contributed by atoms with van der Waals surface area (Å²) >= 11 is 0. The van der Waals surface area contributed by atoms with Gasteiger partial charge in [0.1, 0.15) is 11.9 Å². The number of hydrazone groups is 1. The molecule has 1 fully saturated rings. The van der Waals surface area contributed by atoms with Crippen molar-refractivity contribution in [2.24, 2.45) is 5.10 Å². The Balaban J connectivity index is 1.41. The Morgan fingerprint density at radius 2 is 2.06 bits per heavy atom. The summed E-state index contributed by atoms with van der Waals surface area (Å²) in [6.07, 6.45) is 10.5. The van der Waals surface area contributed by atoms with E-state index in [-0.39, 0.29) is 12.0 Å². The molecule has 0 spiro atoms. The van der Waals surface area contributed by atoms with Gasteiger partial charge in [-0.25, -0.2) is 9.97 Å². The predicted molar refractivity (Wildman–Crippen MR) is 137 cm³/mol. The lowest BCUT2D eigenvalue weighted by molar-refractivity contribution is 0.187. The molecule has 174 valence electrons. The fourth-order valence-corrected chi connectivity index (χ4v) is 4.57. The normalized spacial score (nSPS) is 20.3. The van der Waals surface area contributed by atoms with Gasteiger partial charge in [0, 0.05) is 73.8 Å². The van der Waals surface area contributed by atoms with E-state index >= 15 is 0 Å². The van der Waals surface area contributed by atoms with Gasteiger partial charge in [-0.15, -0.1) is 6.42 Å². The fourth-order valence-electron chi connectivity index (χ4n) is 4.57. The number of rotatable bonds is 6. The van der Waals surface area contributed by atoms with Gasteiger partial charge < -0.3 is 10.1 Å². The predicted octanol–water partition coefficient (Wildman–Crippen LogP) is 4.23. The average molecular weight is 455 g/mol. The highest BCUT2D eigenvalue weighted by Crippen LogP contribution is 2.31. The van der Waals surface area contributed by atoms with Crippen LogP contribution < -0.4 is 10.1 Å². The highest BCUT2D eigenvalue weighted by Gasteiger charge is 2.26. The van der Waals surface area contributed by atoms with E-state index in [2.05, 4.69) is 57.2 Å². The first-order chi connectivity index (χ1) is 16.5. The van der Waals surface area contributed by atoms with Crippen molar-refractivity contribution in [1.29, 1.82) is 0 Å². The molecule has 1 unspecified atom stereocenters. The molecule has 3 aromatic rings. The zero-order valence-electron chi connectivity index (χ0n) is 19.9. The third kappa shape index (κ3) is 4.82. The number of likely N-dealkylation sites (tertiary alicyclic amines) is 1. The van der Waals surface area contributed by atoms with E-state index in [1.165, 1.54) is 0 Å². The summed E-state index contributed by atoms with van der Waals surface area (Å²) < 4.78 is 6.46. The summed E-state index contributed by atoms with van der Waals surface area (Å²) in [4.78, 5) is 11.6. The van der Waals surface area contributed by atoms with Crippen LogP contribution in [0.3, 0.4) is 0 Å². The van der Waals surface area contributed by atoms with E-state index in [9.17, 15) is 0 Å². The topological polar surface area (TPSA) is 65.9 Å². The second kappa shape index (κ2) is 9.32. The molecule has 0 aliphatic carbocycles. The van der Waals surface area contributed by atoms with Crippen molar-refractivity contribution in [3.63, 3.8) is 0 Å². The molecule has 0 amide bonds. The Bertz CT molecular complexity index is 1260. The number of terminal acetylenes is 1. The third-order valence-corrected chi connectivity index (χ3v) is 6.47. The molecule has 1 aromatic heterocycles. The van der Waals surface area contributed by atoms with Gasteiger partial charge >= 0.3 is 0 Å². The van der Waals surface area contributed by atoms with Crippen LogP contribution in [-0.4, -0.2) is 64.9 Å². The Labute approximate surface area is 200 Å². The number of hydrogen-bond donors (Lipinski definition) is 1. The first-order valence-electron chi connectivity index (χ1n) is 11.8. The molecule has 2 aromatic carbocycles. The number of nitrogens with zero attached hydrogens (tertiary/aromatic N) is 5. The molecule has 1 saturated heterocycles. The molecule has 2 atom stereocenters. The summed E-state index contributed by atoms with van der Waals surface area (Å²) in [6, 6.07) is 12.6. The standard InChI is InChI=1S/C27H30N6O/c1-5-19-6-7-26-21(10-19)14-28-27(31-26)30-23-11-20(22-15-29-32(4)16-22)12-25(13-23)34-24-8-9-33(17-24)18(2)3/h1,6-7,10-15,18,22,24H,8-9,16-17H2,2-4H3,(H,28,30,31)/t22?,24-/m0/s1. The summed E-state index contributed by atoms with van der Waals surface area (Å²) in [6.45, 7) is 7.33. The molecular weight excluding hydrogens is 424 g/mol. The molecule has 0 saturated carbocycles. The highest BCUT2D eigenvalue weighted by molar-refractivity contribution is 5.81. The summed E-state index contributed by atoms with van der Waals surface area (Å²) in [5.41, 5.74) is 3.71. The van der Waals surface area contributed by atoms with Crippen LogP contribution in [0.15, 0.2) is 47.7 Å². The van der Waals surface area contributed by atoms with Crippen LogP contribution in [0.25, 0.3) is 10.9 Å². The van der Waals surface area contributed by atoms with Crippen LogP contribution in [0.5, 0.6) is 5.75 Å². The number of hydrogen-bond acceptors (Lipinski definition) is 7. The molecule has 0 radical (unpaired) electrons. The zero-order chi connectivity index (χ0) is 23.7. The van der Waals surface area contributed by atoms with Crippen LogP contribution in [-0.2, 0) is 0 Å². The van der Waals surface area contributed by atoms with E-state index < -0.39 is 0 Å². The minimum Gasteiger partial charge on any atom is -0.489 e. The van der Waals surface area contributed by atoms with Gasteiger partial charge in [0.15, 0.2) is 0 Å². The monoisotopic (exact) mass is 454 g/mol. The molecule has 3 heterocycles. The van der Waals surface area contributed by atoms with Crippen molar-refractivity contribution in [2.75, 3.05) is 32.0 Å². The van der Waals surface area contributed by atoms with Crippen LogP contribution in [0.2, 0.25) is 0 Å². The first-order valence-corrected chi connectivity index (χ1v) is 11.8. The van der Waals surface area contributed by atoms with Crippen molar-refractivity contribution >= 4 is 28.8 Å². The molecule has 1 N–H and O–H groups in total. The van der Waals surface area contributed by atoms with Gasteiger partial charge in [-0.1, -0.05) is 5.92 Å². The van der Waals surface area contributed by atoms with E-state index in [0.717, 1.165) is 59.5 Å². The number of nitrogens with one attached hydrogen (secondary N) is 1. The summed E-state index contributed by atoms with van der Waals surface area (Å²) in [5, 5.41) is 10.7. The van der Waals surface area contributed by atoms with Gasteiger partial charge in [-0.2, -0.15) is 5.10 Å². The van der Waals surface area contributed by atoms with Crippen molar-refractivity contribution in [3.8, 4) is 18.1 Å². The van der Waals surface area contributed by atoms with E-state index in [0.29, 0.717) is 12.0 Å². The lowest BCUT2D eigenvalue weighted by Crippen LogP contribution is -2.30. The number of fused-ring (bicyclic) bond motifs is 1. The van der Waals surface area contributed by atoms with Gasteiger partial charge in [-0.05, 0) is 56.2 Å². The van der Waals surface area contributed by atoms with Gasteiger partial charge in [0.05, 0.1) is 5.52 Å². The Morgan fingerprint density at radius 1 is 1.18 bits per heavy atom. The van der Waals surface area contributed by atoms with Crippen molar-refractivity contribution < 1.29 is 4.74 Å². The van der Waals surface area contributed by atoms with E-state index in [4.69, 9.17) is 11.2 Å². The van der Waals surface area contributed by atoms with Crippen molar-refractivity contribution in [3.05, 3.63) is 53.7 Å². The quantitative estimate of drug-likeness (QED) is 0.563. The van der Waals surface area contributed by atoms with Crippen LogP contribution >= 0.6 is 0 Å². The Hall–Kier alpha value is -3.63. The van der Waals surface area contributed by atoms with Crippen LogP contribution in [0.4, 0.5) is 11.6 Å². The van der Waals surface area contributed by atoms with Crippen molar-refractivity contribution in [2.45, 2.75) is 38.3 Å².